The van der Waals surface area contributed by atoms with Crippen molar-refractivity contribution in [3.63, 3.8) is 0 Å². The van der Waals surface area contributed by atoms with Crippen LogP contribution in [0.1, 0.15) is 38.4 Å². The minimum Gasteiger partial charge on any atom is -0.382 e. The number of unbranched alkanes of at least 4 members (excludes halogenated alkanes) is 2. The summed E-state index contributed by atoms with van der Waals surface area (Å²) in [4.78, 5) is 9.45. The molecule has 4 aromatic rings. The van der Waals surface area contributed by atoms with Crippen LogP contribution in [-0.4, -0.2) is 29.5 Å². The van der Waals surface area contributed by atoms with Gasteiger partial charge in [-0.2, -0.15) is 0 Å². The fourth-order valence-corrected chi connectivity index (χ4v) is 5.46. The lowest BCUT2D eigenvalue weighted by molar-refractivity contribution is 0.561. The topological polar surface area (TPSA) is 103 Å². The third kappa shape index (κ3) is 5.15. The van der Waals surface area contributed by atoms with Gasteiger partial charge < -0.3 is 10.3 Å². The third-order valence-electron chi connectivity index (χ3n) is 5.75. The summed E-state index contributed by atoms with van der Waals surface area (Å²) >= 11 is 11.9. The van der Waals surface area contributed by atoms with Crippen LogP contribution < -0.4 is 10.5 Å². The molecular weight excluding hydrogens is 493 g/mol. The van der Waals surface area contributed by atoms with Crippen LogP contribution in [-0.2, 0) is 23.0 Å². The van der Waals surface area contributed by atoms with Crippen LogP contribution in [0.4, 0.5) is 5.82 Å². The van der Waals surface area contributed by atoms with Gasteiger partial charge in [0.25, 0.3) is 0 Å². The molecule has 3 N–H and O–H groups in total. The number of anilines is 1. The number of halogens is 2. The minimum atomic E-state index is -3.66. The molecule has 10 heteroatoms. The zero-order valence-corrected chi connectivity index (χ0v) is 21.2. The van der Waals surface area contributed by atoms with E-state index in [0.29, 0.717) is 30.4 Å². The summed E-state index contributed by atoms with van der Waals surface area (Å²) in [6, 6.07) is 12.2. The van der Waals surface area contributed by atoms with Crippen molar-refractivity contribution < 1.29 is 8.42 Å². The van der Waals surface area contributed by atoms with E-state index in [2.05, 4.69) is 21.2 Å². The standard InChI is InChI=1S/C24H27Cl2N5O2S/c1-2-3-10-21-30-22-23(17-8-4-5-9-20(17)29-24(22)27)31(21)14-7-6-13-28-34(32,33)16-11-12-18(25)19(26)15-16/h4-5,8-9,11-12,15,28H,2-3,6-7,10,13-14H2,1H3,(H2,27,29). The quantitative estimate of drug-likeness (QED) is 0.266. The smallest absolute Gasteiger partial charge is 0.240 e. The van der Waals surface area contributed by atoms with E-state index in [1.54, 1.807) is 0 Å². The number of aromatic nitrogens is 3. The Bertz CT molecular complexity index is 1440. The van der Waals surface area contributed by atoms with Crippen molar-refractivity contribution in [3.8, 4) is 0 Å². The maximum Gasteiger partial charge on any atom is 0.240 e. The minimum absolute atomic E-state index is 0.0961. The van der Waals surface area contributed by atoms with Crippen LogP contribution in [0.3, 0.4) is 0 Å². The molecule has 0 aliphatic rings. The van der Waals surface area contributed by atoms with Gasteiger partial charge in [0.1, 0.15) is 11.3 Å². The molecule has 0 atom stereocenters. The number of hydrogen-bond donors (Lipinski definition) is 2. The van der Waals surface area contributed by atoms with Crippen molar-refractivity contribution in [1.29, 1.82) is 0 Å². The van der Waals surface area contributed by atoms with Crippen molar-refractivity contribution >= 4 is 61.0 Å². The molecule has 2 aromatic heterocycles. The molecule has 0 saturated carbocycles. The molecule has 0 spiro atoms. The number of nitrogen functional groups attached to an aromatic ring is 1. The van der Waals surface area contributed by atoms with Crippen LogP contribution in [0.15, 0.2) is 47.4 Å². The highest BCUT2D eigenvalue weighted by Crippen LogP contribution is 2.30. The second-order valence-electron chi connectivity index (χ2n) is 8.18. The van der Waals surface area contributed by atoms with Crippen LogP contribution in [0, 0.1) is 0 Å². The second kappa shape index (κ2) is 10.5. The molecule has 2 heterocycles. The zero-order valence-electron chi connectivity index (χ0n) is 18.9. The summed E-state index contributed by atoms with van der Waals surface area (Å²) in [5.74, 6) is 1.41. The van der Waals surface area contributed by atoms with Crippen molar-refractivity contribution in [3.05, 3.63) is 58.3 Å². The predicted molar refractivity (Wildman–Crippen MR) is 139 cm³/mol. The van der Waals surface area contributed by atoms with Gasteiger partial charge >= 0.3 is 0 Å². The first kappa shape index (κ1) is 24.7. The third-order valence-corrected chi connectivity index (χ3v) is 7.94. The largest absolute Gasteiger partial charge is 0.382 e. The number of nitrogens with zero attached hydrogens (tertiary/aromatic N) is 3. The number of nitrogens with two attached hydrogens (primary N) is 1. The molecule has 180 valence electrons. The monoisotopic (exact) mass is 519 g/mol. The average Bonchev–Trinajstić information content (AvgIpc) is 3.18. The molecule has 0 aliphatic heterocycles. The second-order valence-corrected chi connectivity index (χ2v) is 10.8. The fraction of sp³-hybridized carbons (Fsp3) is 0.333. The molecule has 0 saturated heterocycles. The highest BCUT2D eigenvalue weighted by molar-refractivity contribution is 7.89. The van der Waals surface area contributed by atoms with Crippen LogP contribution in [0.25, 0.3) is 21.9 Å². The summed E-state index contributed by atoms with van der Waals surface area (Å²) in [6.07, 6.45) is 4.37. The van der Waals surface area contributed by atoms with E-state index in [0.717, 1.165) is 53.4 Å². The first-order valence-electron chi connectivity index (χ1n) is 11.3. The molecular formula is C24H27Cl2N5O2S. The zero-order chi connectivity index (χ0) is 24.3. The lowest BCUT2D eigenvalue weighted by Crippen LogP contribution is -2.25. The summed E-state index contributed by atoms with van der Waals surface area (Å²) in [5, 5.41) is 1.54. The highest BCUT2D eigenvalue weighted by atomic mass is 35.5. The van der Waals surface area contributed by atoms with E-state index >= 15 is 0 Å². The van der Waals surface area contributed by atoms with E-state index in [9.17, 15) is 8.42 Å². The van der Waals surface area contributed by atoms with E-state index in [1.807, 2.05) is 24.3 Å². The lowest BCUT2D eigenvalue weighted by Gasteiger charge is -2.12. The number of aryl methyl sites for hydroxylation is 2. The number of fused-ring (bicyclic) bond motifs is 3. The average molecular weight is 520 g/mol. The van der Waals surface area contributed by atoms with E-state index in [-0.39, 0.29) is 9.92 Å². The number of para-hydroxylation sites is 1. The Morgan fingerprint density at radius 2 is 1.82 bits per heavy atom. The van der Waals surface area contributed by atoms with Crippen LogP contribution in [0.2, 0.25) is 10.0 Å². The Morgan fingerprint density at radius 3 is 2.59 bits per heavy atom. The van der Waals surface area contributed by atoms with Crippen LogP contribution in [0.5, 0.6) is 0 Å². The maximum absolute atomic E-state index is 12.6. The predicted octanol–water partition coefficient (Wildman–Crippen LogP) is 5.57. The van der Waals surface area contributed by atoms with Gasteiger partial charge in [-0.25, -0.2) is 23.1 Å². The molecule has 34 heavy (non-hydrogen) atoms. The first-order valence-corrected chi connectivity index (χ1v) is 13.5. The lowest BCUT2D eigenvalue weighted by atomic mass is 10.2. The SMILES string of the molecule is CCCCc1nc2c(N)nc3ccccc3c2n1CCCCNS(=O)(=O)c1ccc(Cl)c(Cl)c1. The molecule has 0 bridgehead atoms. The van der Waals surface area contributed by atoms with Crippen molar-refractivity contribution in [2.24, 2.45) is 0 Å². The molecule has 0 unspecified atom stereocenters. The van der Waals surface area contributed by atoms with E-state index in [4.69, 9.17) is 33.9 Å². The Labute approximate surface area is 209 Å². The fourth-order valence-electron chi connectivity index (χ4n) is 4.00. The molecule has 0 amide bonds. The van der Waals surface area contributed by atoms with Gasteiger partial charge in [-0.15, -0.1) is 0 Å². The number of nitrogens with one attached hydrogen (secondary N) is 1. The molecule has 0 aliphatic carbocycles. The van der Waals surface area contributed by atoms with Crippen molar-refractivity contribution in [2.45, 2.75) is 50.5 Å². The first-order chi connectivity index (χ1) is 16.3. The van der Waals surface area contributed by atoms with Gasteiger partial charge in [-0.1, -0.05) is 54.7 Å². The van der Waals surface area contributed by atoms with E-state index in [1.165, 1.54) is 18.2 Å². The summed E-state index contributed by atoms with van der Waals surface area (Å²) in [7, 11) is -3.66. The molecule has 7 nitrogen and oxygen atoms in total. The maximum atomic E-state index is 12.6. The highest BCUT2D eigenvalue weighted by Gasteiger charge is 2.18. The van der Waals surface area contributed by atoms with Crippen molar-refractivity contribution in [1.82, 2.24) is 19.3 Å². The van der Waals surface area contributed by atoms with Gasteiger partial charge in [0.05, 0.1) is 26.0 Å². The number of rotatable bonds is 10. The van der Waals surface area contributed by atoms with Crippen LogP contribution >= 0.6 is 23.2 Å². The molecule has 0 fully saturated rings. The Balaban J connectivity index is 1.51. The Kier molecular flexibility index (Phi) is 7.62. The normalized spacial score (nSPS) is 12.1. The molecule has 4 rings (SSSR count). The molecule has 2 aromatic carbocycles. The summed E-state index contributed by atoms with van der Waals surface area (Å²) < 4.78 is 30.0. The summed E-state index contributed by atoms with van der Waals surface area (Å²) in [6.45, 7) is 3.17. The van der Waals surface area contributed by atoms with Gasteiger partial charge in [-0.05, 0) is 43.5 Å². The molecule has 0 radical (unpaired) electrons. The van der Waals surface area contributed by atoms with Crippen molar-refractivity contribution in [2.75, 3.05) is 12.3 Å². The van der Waals surface area contributed by atoms with Gasteiger partial charge in [0.15, 0.2) is 5.82 Å². The van der Waals surface area contributed by atoms with Gasteiger partial charge in [0, 0.05) is 24.9 Å². The number of sulfonamides is 1. The number of hydrogen-bond acceptors (Lipinski definition) is 5. The van der Waals surface area contributed by atoms with Gasteiger partial charge in [0.2, 0.25) is 10.0 Å². The Morgan fingerprint density at radius 1 is 1.03 bits per heavy atom. The Hall–Kier alpha value is -2.39. The van der Waals surface area contributed by atoms with E-state index < -0.39 is 10.0 Å². The number of pyridine rings is 1. The summed E-state index contributed by atoms with van der Waals surface area (Å²) in [5.41, 5.74) is 8.81. The number of imidazole rings is 1. The number of benzene rings is 2. The van der Waals surface area contributed by atoms with Gasteiger partial charge in [-0.3, -0.25) is 0 Å².